The summed E-state index contributed by atoms with van der Waals surface area (Å²) in [7, 11) is 0. The fourth-order valence-electron chi connectivity index (χ4n) is 3.30. The molecule has 2 N–H and O–H groups in total. The van der Waals surface area contributed by atoms with Crippen molar-refractivity contribution in [1.82, 2.24) is 19.7 Å². The Labute approximate surface area is 157 Å². The number of hydrogen-bond donors (Lipinski definition) is 1. The highest BCUT2D eigenvalue weighted by atomic mass is 35.5. The van der Waals surface area contributed by atoms with Crippen LogP contribution < -0.4 is 5.73 Å². The van der Waals surface area contributed by atoms with Gasteiger partial charge in [-0.05, 0) is 37.8 Å². The van der Waals surface area contributed by atoms with Gasteiger partial charge >= 0.3 is 0 Å². The van der Waals surface area contributed by atoms with Gasteiger partial charge in [-0.3, -0.25) is 4.79 Å². The van der Waals surface area contributed by atoms with Crippen LogP contribution in [0.3, 0.4) is 0 Å². The zero-order chi connectivity index (χ0) is 16.7. The van der Waals surface area contributed by atoms with Gasteiger partial charge in [-0.15, -0.1) is 17.5 Å². The molecule has 1 aromatic carbocycles. The third kappa shape index (κ3) is 3.38. The zero-order valence-electron chi connectivity index (χ0n) is 13.8. The number of aromatic nitrogens is 3. The smallest absolute Gasteiger partial charge is 0.293 e. The van der Waals surface area contributed by atoms with Crippen molar-refractivity contribution in [1.29, 1.82) is 0 Å². The van der Waals surface area contributed by atoms with Crippen LogP contribution in [0.5, 0.6) is 0 Å². The summed E-state index contributed by atoms with van der Waals surface area (Å²) in [6, 6.07) is 7.60. The Morgan fingerprint density at radius 2 is 2.04 bits per heavy atom. The van der Waals surface area contributed by atoms with Crippen molar-refractivity contribution >= 4 is 29.9 Å². The van der Waals surface area contributed by atoms with Gasteiger partial charge in [0, 0.05) is 25.0 Å². The largest absolute Gasteiger partial charge is 0.332 e. The first-order valence-electron chi connectivity index (χ1n) is 8.42. The number of carbonyl (C=O) groups excluding carboxylic acids is 1. The summed E-state index contributed by atoms with van der Waals surface area (Å²) in [4.78, 5) is 19.2. The molecule has 25 heavy (non-hydrogen) atoms. The molecule has 1 aromatic heterocycles. The lowest BCUT2D eigenvalue weighted by atomic mass is 10.2. The quantitative estimate of drug-likeness (QED) is 0.882. The second kappa shape index (κ2) is 7.32. The summed E-state index contributed by atoms with van der Waals surface area (Å²) >= 11 is 6.32. The van der Waals surface area contributed by atoms with Crippen LogP contribution >= 0.6 is 24.0 Å². The first kappa shape index (κ1) is 18.2. The molecule has 1 atom stereocenters. The van der Waals surface area contributed by atoms with E-state index in [9.17, 15) is 4.79 Å². The Balaban J connectivity index is 0.00000182. The lowest BCUT2D eigenvalue weighted by Crippen LogP contribution is -2.40. The fraction of sp³-hybridized carbons (Fsp3) is 0.471. The number of amides is 1. The van der Waals surface area contributed by atoms with E-state index in [0.717, 1.165) is 43.7 Å². The fourth-order valence-corrected chi connectivity index (χ4v) is 3.51. The normalized spacial score (nSPS) is 19.8. The van der Waals surface area contributed by atoms with Crippen LogP contribution in [-0.4, -0.2) is 44.7 Å². The molecule has 1 amide bonds. The maximum atomic E-state index is 12.8. The van der Waals surface area contributed by atoms with Gasteiger partial charge in [-0.1, -0.05) is 23.7 Å². The van der Waals surface area contributed by atoms with Crippen LogP contribution in [0.1, 0.15) is 48.0 Å². The van der Waals surface area contributed by atoms with Crippen molar-refractivity contribution in [3.63, 3.8) is 0 Å². The lowest BCUT2D eigenvalue weighted by molar-refractivity contribution is 0.0729. The molecule has 134 valence electrons. The summed E-state index contributed by atoms with van der Waals surface area (Å²) in [6.45, 7) is 1.20. The second-order valence-electron chi connectivity index (χ2n) is 6.46. The number of nitrogens with two attached hydrogens (primary N) is 1. The molecule has 8 heteroatoms. The lowest BCUT2D eigenvalue weighted by Gasteiger charge is -2.21. The van der Waals surface area contributed by atoms with Crippen molar-refractivity contribution < 1.29 is 4.79 Å². The van der Waals surface area contributed by atoms with E-state index in [1.165, 1.54) is 0 Å². The molecule has 2 heterocycles. The molecule has 1 aliphatic carbocycles. The van der Waals surface area contributed by atoms with Gasteiger partial charge in [-0.25, -0.2) is 9.67 Å². The molecule has 0 bridgehead atoms. The highest BCUT2D eigenvalue weighted by Crippen LogP contribution is 2.40. The maximum absolute atomic E-state index is 12.8. The van der Waals surface area contributed by atoms with Gasteiger partial charge < -0.3 is 10.6 Å². The van der Waals surface area contributed by atoms with Crippen molar-refractivity contribution in [2.75, 3.05) is 13.1 Å². The summed E-state index contributed by atoms with van der Waals surface area (Å²) < 4.78 is 1.74. The Kier molecular flexibility index (Phi) is 5.32. The molecular weight excluding hydrogens is 361 g/mol. The van der Waals surface area contributed by atoms with E-state index in [1.807, 2.05) is 29.2 Å². The van der Waals surface area contributed by atoms with E-state index in [2.05, 4.69) is 10.1 Å². The van der Waals surface area contributed by atoms with Crippen molar-refractivity contribution in [3.05, 3.63) is 40.9 Å². The molecule has 0 spiro atoms. The minimum absolute atomic E-state index is 0. The standard InChI is InChI=1S/C17H20ClN5O.ClH/c18-13-5-1-2-6-14(13)23-16(11-7-8-11)20-15(21-23)17(24)22-9-3-4-12(22)10-19;/h1-2,5-6,11-12H,3-4,7-10,19H2;1H. The predicted octanol–water partition coefficient (Wildman–Crippen LogP) is 2.78. The monoisotopic (exact) mass is 381 g/mol. The van der Waals surface area contributed by atoms with Crippen LogP contribution in [0.2, 0.25) is 5.02 Å². The molecular formula is C17H21Cl2N5O. The highest BCUT2D eigenvalue weighted by Gasteiger charge is 2.35. The molecule has 1 saturated heterocycles. The molecule has 1 unspecified atom stereocenters. The third-order valence-electron chi connectivity index (χ3n) is 4.76. The van der Waals surface area contributed by atoms with E-state index in [4.69, 9.17) is 17.3 Å². The maximum Gasteiger partial charge on any atom is 0.293 e. The zero-order valence-corrected chi connectivity index (χ0v) is 15.3. The average molecular weight is 382 g/mol. The SMILES string of the molecule is Cl.NCC1CCCN1C(=O)c1nc(C2CC2)n(-c2ccccc2Cl)n1. The Morgan fingerprint density at radius 1 is 1.28 bits per heavy atom. The summed E-state index contributed by atoms with van der Waals surface area (Å²) in [5.41, 5.74) is 6.55. The summed E-state index contributed by atoms with van der Waals surface area (Å²) in [5, 5.41) is 5.11. The van der Waals surface area contributed by atoms with Crippen molar-refractivity contribution in [2.45, 2.75) is 37.6 Å². The number of nitrogens with zero attached hydrogens (tertiary/aromatic N) is 4. The van der Waals surface area contributed by atoms with Gasteiger partial charge in [0.05, 0.1) is 10.7 Å². The molecule has 1 saturated carbocycles. The van der Waals surface area contributed by atoms with Gasteiger partial charge in [0.25, 0.3) is 5.91 Å². The predicted molar refractivity (Wildman–Crippen MR) is 98.7 cm³/mol. The summed E-state index contributed by atoms with van der Waals surface area (Å²) in [6.07, 6.45) is 4.08. The molecule has 2 aliphatic rings. The van der Waals surface area contributed by atoms with Gasteiger partial charge in [0.2, 0.25) is 5.82 Å². The molecule has 2 aromatic rings. The number of likely N-dealkylation sites (tertiary alicyclic amines) is 1. The first-order valence-corrected chi connectivity index (χ1v) is 8.79. The van der Waals surface area contributed by atoms with E-state index >= 15 is 0 Å². The highest BCUT2D eigenvalue weighted by molar-refractivity contribution is 6.32. The van der Waals surface area contributed by atoms with E-state index in [-0.39, 0.29) is 30.2 Å². The molecule has 2 fully saturated rings. The minimum atomic E-state index is -0.129. The molecule has 6 nitrogen and oxygen atoms in total. The number of carbonyl (C=O) groups is 1. The van der Waals surface area contributed by atoms with Crippen molar-refractivity contribution in [3.8, 4) is 5.69 Å². The van der Waals surface area contributed by atoms with Gasteiger partial charge in [0.1, 0.15) is 5.82 Å². The van der Waals surface area contributed by atoms with E-state index < -0.39 is 0 Å². The second-order valence-corrected chi connectivity index (χ2v) is 6.87. The average Bonchev–Trinajstić information content (AvgIpc) is 3.17. The number of rotatable bonds is 4. The topological polar surface area (TPSA) is 77.0 Å². The van der Waals surface area contributed by atoms with E-state index in [0.29, 0.717) is 17.5 Å². The van der Waals surface area contributed by atoms with Gasteiger partial charge in [0.15, 0.2) is 0 Å². The Hall–Kier alpha value is -1.63. The number of hydrogen-bond acceptors (Lipinski definition) is 4. The number of benzene rings is 1. The van der Waals surface area contributed by atoms with Crippen LogP contribution in [-0.2, 0) is 0 Å². The minimum Gasteiger partial charge on any atom is -0.332 e. The molecule has 4 rings (SSSR count). The van der Waals surface area contributed by atoms with Crippen molar-refractivity contribution in [2.24, 2.45) is 5.73 Å². The van der Waals surface area contributed by atoms with Crippen LogP contribution in [0.4, 0.5) is 0 Å². The number of halogens is 2. The van der Waals surface area contributed by atoms with Crippen LogP contribution in [0.25, 0.3) is 5.69 Å². The Morgan fingerprint density at radius 3 is 2.72 bits per heavy atom. The molecule has 0 radical (unpaired) electrons. The number of para-hydroxylation sites is 1. The van der Waals surface area contributed by atoms with Gasteiger partial charge in [-0.2, -0.15) is 0 Å². The summed E-state index contributed by atoms with van der Waals surface area (Å²) in [5.74, 6) is 1.31. The Bertz CT molecular complexity index is 774. The van der Waals surface area contributed by atoms with Crippen LogP contribution in [0.15, 0.2) is 24.3 Å². The molecule has 1 aliphatic heterocycles. The third-order valence-corrected chi connectivity index (χ3v) is 5.08. The first-order chi connectivity index (χ1) is 11.7. The van der Waals surface area contributed by atoms with Crippen LogP contribution in [0, 0.1) is 0 Å². The van der Waals surface area contributed by atoms with E-state index in [1.54, 1.807) is 4.68 Å².